The van der Waals surface area contributed by atoms with Gasteiger partial charge in [-0.1, -0.05) is 44.2 Å². The van der Waals surface area contributed by atoms with E-state index in [-0.39, 0.29) is 6.54 Å². The number of nitrogens with two attached hydrogens (primary N) is 1. The Morgan fingerprint density at radius 3 is 2.44 bits per heavy atom. The van der Waals surface area contributed by atoms with E-state index >= 15 is 0 Å². The van der Waals surface area contributed by atoms with E-state index in [1.165, 1.54) is 0 Å². The molecule has 0 saturated carbocycles. The van der Waals surface area contributed by atoms with Gasteiger partial charge in [-0.25, -0.2) is 0 Å². The Morgan fingerprint density at radius 2 is 1.94 bits per heavy atom. The maximum Gasteiger partial charge on any atom is 0.103 e. The summed E-state index contributed by atoms with van der Waals surface area (Å²) in [6, 6.07) is 9.69. The van der Waals surface area contributed by atoms with E-state index < -0.39 is 5.60 Å². The Balaban J connectivity index is 2.63. The lowest BCUT2D eigenvalue weighted by Crippen LogP contribution is -2.35. The van der Waals surface area contributed by atoms with E-state index in [1.54, 1.807) is 0 Å². The first-order chi connectivity index (χ1) is 7.58. The van der Waals surface area contributed by atoms with Crippen LogP contribution in [-0.4, -0.2) is 22.7 Å². The van der Waals surface area contributed by atoms with Crippen LogP contribution in [0.15, 0.2) is 30.3 Å². The predicted molar refractivity (Wildman–Crippen MR) is 71.6 cm³/mol. The molecular weight excluding hydrogens is 218 g/mol. The van der Waals surface area contributed by atoms with Crippen LogP contribution in [0.5, 0.6) is 0 Å². The van der Waals surface area contributed by atoms with Gasteiger partial charge in [-0.3, -0.25) is 0 Å². The van der Waals surface area contributed by atoms with Gasteiger partial charge in [0.2, 0.25) is 0 Å². The van der Waals surface area contributed by atoms with Gasteiger partial charge in [-0.15, -0.1) is 0 Å². The molecule has 0 spiro atoms. The predicted octanol–water partition coefficient (Wildman–Crippen LogP) is 2.36. The second-order valence-electron chi connectivity index (χ2n) is 4.27. The van der Waals surface area contributed by atoms with Gasteiger partial charge >= 0.3 is 0 Å². The highest BCUT2D eigenvalue weighted by Gasteiger charge is 2.26. The molecule has 1 atom stereocenters. The Hall–Kier alpha value is -0.510. The number of hydrogen-bond donors (Lipinski definition) is 2. The summed E-state index contributed by atoms with van der Waals surface area (Å²) >= 11 is 1.85. The van der Waals surface area contributed by atoms with E-state index in [4.69, 9.17) is 5.73 Å². The molecule has 0 bridgehead atoms. The normalized spacial score (nSPS) is 15.1. The summed E-state index contributed by atoms with van der Waals surface area (Å²) in [6.07, 6.45) is 0.705. The zero-order valence-corrected chi connectivity index (χ0v) is 10.8. The average Bonchev–Trinajstić information content (AvgIpc) is 2.29. The molecular formula is C13H21NOS. The minimum Gasteiger partial charge on any atom is -0.384 e. The molecule has 2 nitrogen and oxygen atoms in total. The highest BCUT2D eigenvalue weighted by molar-refractivity contribution is 7.99. The third-order valence-corrected chi connectivity index (χ3v) is 3.72. The van der Waals surface area contributed by atoms with Crippen molar-refractivity contribution in [3.63, 3.8) is 0 Å². The number of thioether (sulfide) groups is 1. The summed E-state index contributed by atoms with van der Waals surface area (Å²) in [7, 11) is 0. The summed E-state index contributed by atoms with van der Waals surface area (Å²) in [6.45, 7) is 4.60. The molecule has 0 heterocycles. The smallest absolute Gasteiger partial charge is 0.103 e. The van der Waals surface area contributed by atoms with Crippen LogP contribution in [0.3, 0.4) is 0 Å². The fourth-order valence-electron chi connectivity index (χ4n) is 1.58. The summed E-state index contributed by atoms with van der Waals surface area (Å²) in [5.41, 5.74) is 5.74. The molecule has 0 aromatic heterocycles. The first kappa shape index (κ1) is 13.6. The maximum atomic E-state index is 10.5. The lowest BCUT2D eigenvalue weighted by molar-refractivity contribution is 0.0431. The van der Waals surface area contributed by atoms with Gasteiger partial charge in [0.05, 0.1) is 0 Å². The van der Waals surface area contributed by atoms with Crippen molar-refractivity contribution in [1.82, 2.24) is 0 Å². The molecule has 1 rings (SSSR count). The molecule has 0 aliphatic carbocycles. The highest BCUT2D eigenvalue weighted by Crippen LogP contribution is 2.26. The fraction of sp³-hybridized carbons (Fsp3) is 0.538. The standard InChI is InChI=1S/C13H21NOS/c1-11(2)16-9-8-13(15,10-14)12-6-4-3-5-7-12/h3-7,11,15H,8-10,14H2,1-2H3. The maximum absolute atomic E-state index is 10.5. The molecule has 0 radical (unpaired) electrons. The van der Waals surface area contributed by atoms with E-state index in [0.717, 1.165) is 11.3 Å². The van der Waals surface area contributed by atoms with Crippen molar-refractivity contribution < 1.29 is 5.11 Å². The molecule has 0 aliphatic rings. The molecule has 0 amide bonds. The topological polar surface area (TPSA) is 46.2 Å². The molecule has 3 heteroatoms. The first-order valence-electron chi connectivity index (χ1n) is 5.68. The third-order valence-electron chi connectivity index (χ3n) is 2.62. The average molecular weight is 239 g/mol. The minimum absolute atomic E-state index is 0.273. The lowest BCUT2D eigenvalue weighted by atomic mass is 9.91. The summed E-state index contributed by atoms with van der Waals surface area (Å²) in [5.74, 6) is 0.931. The van der Waals surface area contributed by atoms with Crippen molar-refractivity contribution in [2.75, 3.05) is 12.3 Å². The van der Waals surface area contributed by atoms with Crippen molar-refractivity contribution in [1.29, 1.82) is 0 Å². The molecule has 1 aromatic rings. The first-order valence-corrected chi connectivity index (χ1v) is 6.73. The monoisotopic (exact) mass is 239 g/mol. The van der Waals surface area contributed by atoms with Gasteiger partial charge in [0, 0.05) is 6.54 Å². The van der Waals surface area contributed by atoms with Gasteiger partial charge in [-0.2, -0.15) is 11.8 Å². The zero-order valence-electron chi connectivity index (χ0n) is 10.0. The van der Waals surface area contributed by atoms with Crippen LogP contribution in [0.1, 0.15) is 25.8 Å². The van der Waals surface area contributed by atoms with E-state index in [2.05, 4.69) is 13.8 Å². The van der Waals surface area contributed by atoms with Crippen LogP contribution in [-0.2, 0) is 5.60 Å². The molecule has 3 N–H and O–H groups in total. The van der Waals surface area contributed by atoms with Gasteiger partial charge in [-0.05, 0) is 23.0 Å². The Morgan fingerprint density at radius 1 is 1.31 bits per heavy atom. The van der Waals surface area contributed by atoms with Crippen LogP contribution < -0.4 is 5.73 Å². The van der Waals surface area contributed by atoms with E-state index in [9.17, 15) is 5.11 Å². The van der Waals surface area contributed by atoms with Gasteiger partial charge in [0.15, 0.2) is 0 Å². The fourth-order valence-corrected chi connectivity index (χ4v) is 2.50. The van der Waals surface area contributed by atoms with Crippen LogP contribution in [0.25, 0.3) is 0 Å². The molecule has 1 unspecified atom stereocenters. The van der Waals surface area contributed by atoms with Crippen molar-refractivity contribution in [2.45, 2.75) is 31.1 Å². The van der Waals surface area contributed by atoms with Crippen molar-refractivity contribution >= 4 is 11.8 Å². The highest BCUT2D eigenvalue weighted by atomic mass is 32.2. The van der Waals surface area contributed by atoms with Gasteiger partial charge in [0.1, 0.15) is 5.60 Å². The quantitative estimate of drug-likeness (QED) is 0.801. The number of aliphatic hydroxyl groups is 1. The molecule has 0 fully saturated rings. The minimum atomic E-state index is -0.872. The number of rotatable bonds is 6. The third kappa shape index (κ3) is 3.81. The van der Waals surface area contributed by atoms with E-state index in [0.29, 0.717) is 11.7 Å². The largest absolute Gasteiger partial charge is 0.384 e. The molecule has 90 valence electrons. The number of benzene rings is 1. The summed E-state index contributed by atoms with van der Waals surface area (Å²) in [4.78, 5) is 0. The second kappa shape index (κ2) is 6.28. The number of hydrogen-bond acceptors (Lipinski definition) is 3. The SMILES string of the molecule is CC(C)SCCC(O)(CN)c1ccccc1. The van der Waals surface area contributed by atoms with E-state index in [1.807, 2.05) is 42.1 Å². The molecule has 0 saturated heterocycles. The Bertz CT molecular complexity index is 302. The van der Waals surface area contributed by atoms with Crippen LogP contribution in [0.2, 0.25) is 0 Å². The van der Waals surface area contributed by atoms with Crippen molar-refractivity contribution in [2.24, 2.45) is 5.73 Å². The Kier molecular flexibility index (Phi) is 5.32. The van der Waals surface area contributed by atoms with Crippen LogP contribution in [0.4, 0.5) is 0 Å². The second-order valence-corrected chi connectivity index (χ2v) is 5.96. The van der Waals surface area contributed by atoms with Crippen molar-refractivity contribution in [3.05, 3.63) is 35.9 Å². The lowest BCUT2D eigenvalue weighted by Gasteiger charge is -2.27. The summed E-state index contributed by atoms with van der Waals surface area (Å²) < 4.78 is 0. The van der Waals surface area contributed by atoms with Crippen molar-refractivity contribution in [3.8, 4) is 0 Å². The van der Waals surface area contributed by atoms with Gasteiger partial charge in [0.25, 0.3) is 0 Å². The molecule has 16 heavy (non-hydrogen) atoms. The molecule has 1 aromatic carbocycles. The Labute approximate surface area is 102 Å². The zero-order chi connectivity index (χ0) is 12.0. The summed E-state index contributed by atoms with van der Waals surface area (Å²) in [5, 5.41) is 11.1. The van der Waals surface area contributed by atoms with Crippen LogP contribution >= 0.6 is 11.8 Å². The van der Waals surface area contributed by atoms with Gasteiger partial charge < -0.3 is 10.8 Å². The van der Waals surface area contributed by atoms with Crippen LogP contribution in [0, 0.1) is 0 Å². The molecule has 0 aliphatic heterocycles.